The van der Waals surface area contributed by atoms with Gasteiger partial charge in [-0.15, -0.1) is 0 Å². The molecule has 0 amide bonds. The molecule has 1 heterocycles. The van der Waals surface area contributed by atoms with E-state index in [4.69, 9.17) is 9.63 Å². The van der Waals surface area contributed by atoms with E-state index in [1.54, 1.807) is 6.92 Å². The minimum atomic E-state index is -0.317. The Labute approximate surface area is 99.8 Å². The quantitative estimate of drug-likeness (QED) is 0.656. The molecule has 0 spiro atoms. The molecule has 1 aromatic heterocycles. The molecule has 2 aromatic rings. The largest absolute Gasteiger partial charge is 0.392 e. The molecule has 17 heavy (non-hydrogen) atoms. The van der Waals surface area contributed by atoms with Crippen LogP contribution in [0.25, 0.3) is 11.0 Å². The molecule has 1 unspecified atom stereocenters. The first-order valence-corrected chi connectivity index (χ1v) is 5.74. The summed E-state index contributed by atoms with van der Waals surface area (Å²) in [4.78, 5) is 0. The molecule has 0 aliphatic carbocycles. The van der Waals surface area contributed by atoms with E-state index in [0.29, 0.717) is 6.54 Å². The standard InChI is InChI=1S/C12H17N3O2/c1-9(16)8-13-6-7-14-12-10-4-2-3-5-11(10)17-15-12/h2-5,9,13,16H,6-8H2,1H3,(H,14,15). The average molecular weight is 235 g/mol. The summed E-state index contributed by atoms with van der Waals surface area (Å²) in [5.74, 6) is 0.763. The first kappa shape index (κ1) is 11.9. The van der Waals surface area contributed by atoms with Gasteiger partial charge in [0.1, 0.15) is 0 Å². The molecule has 1 atom stereocenters. The van der Waals surface area contributed by atoms with Gasteiger partial charge in [0, 0.05) is 19.6 Å². The molecule has 0 aliphatic rings. The number of aliphatic hydroxyl groups excluding tert-OH is 1. The molecule has 0 saturated carbocycles. The number of anilines is 1. The Bertz CT molecular complexity index is 467. The van der Waals surface area contributed by atoms with Crippen molar-refractivity contribution >= 4 is 16.8 Å². The lowest BCUT2D eigenvalue weighted by Crippen LogP contribution is -2.29. The Balaban J connectivity index is 1.83. The first-order valence-electron chi connectivity index (χ1n) is 5.74. The summed E-state index contributed by atoms with van der Waals surface area (Å²) in [6, 6.07) is 7.73. The highest BCUT2D eigenvalue weighted by Gasteiger charge is 2.05. The summed E-state index contributed by atoms with van der Waals surface area (Å²) in [6.45, 7) is 3.86. The predicted octanol–water partition coefficient (Wildman–Crippen LogP) is 1.21. The Morgan fingerprint density at radius 1 is 1.35 bits per heavy atom. The van der Waals surface area contributed by atoms with Crippen molar-refractivity contribution in [3.63, 3.8) is 0 Å². The van der Waals surface area contributed by atoms with Gasteiger partial charge in [-0.1, -0.05) is 17.3 Å². The highest BCUT2D eigenvalue weighted by Crippen LogP contribution is 2.21. The van der Waals surface area contributed by atoms with E-state index in [1.165, 1.54) is 0 Å². The maximum absolute atomic E-state index is 9.07. The number of nitrogens with one attached hydrogen (secondary N) is 2. The van der Waals surface area contributed by atoms with Crippen LogP contribution in [0.4, 0.5) is 5.82 Å². The Morgan fingerprint density at radius 2 is 2.18 bits per heavy atom. The maximum Gasteiger partial charge on any atom is 0.177 e. The van der Waals surface area contributed by atoms with Crippen LogP contribution in [-0.2, 0) is 0 Å². The Kier molecular flexibility index (Phi) is 3.95. The molecule has 0 bridgehead atoms. The topological polar surface area (TPSA) is 70.3 Å². The normalized spacial score (nSPS) is 12.8. The van der Waals surface area contributed by atoms with Crippen LogP contribution in [-0.4, -0.2) is 36.0 Å². The van der Waals surface area contributed by atoms with Gasteiger partial charge in [-0.25, -0.2) is 0 Å². The maximum atomic E-state index is 9.07. The van der Waals surface area contributed by atoms with Gasteiger partial charge in [-0.05, 0) is 19.1 Å². The van der Waals surface area contributed by atoms with Crippen LogP contribution in [0.5, 0.6) is 0 Å². The summed E-state index contributed by atoms with van der Waals surface area (Å²) in [5, 5.41) is 20.3. The van der Waals surface area contributed by atoms with Crippen molar-refractivity contribution in [2.75, 3.05) is 25.0 Å². The summed E-state index contributed by atoms with van der Waals surface area (Å²) >= 11 is 0. The molecule has 5 nitrogen and oxygen atoms in total. The highest BCUT2D eigenvalue weighted by molar-refractivity contribution is 5.87. The van der Waals surface area contributed by atoms with Crippen molar-refractivity contribution in [3.05, 3.63) is 24.3 Å². The third-order valence-electron chi connectivity index (χ3n) is 2.41. The summed E-state index contributed by atoms with van der Waals surface area (Å²) < 4.78 is 5.17. The zero-order valence-corrected chi connectivity index (χ0v) is 9.81. The Morgan fingerprint density at radius 3 is 3.00 bits per heavy atom. The lowest BCUT2D eigenvalue weighted by atomic mass is 10.2. The number of hydrogen-bond acceptors (Lipinski definition) is 5. The van der Waals surface area contributed by atoms with Gasteiger partial charge in [-0.2, -0.15) is 0 Å². The second-order valence-electron chi connectivity index (χ2n) is 4.01. The zero-order valence-electron chi connectivity index (χ0n) is 9.81. The van der Waals surface area contributed by atoms with Crippen molar-refractivity contribution in [1.82, 2.24) is 10.5 Å². The predicted molar refractivity (Wildman–Crippen MR) is 67.0 cm³/mol. The smallest absolute Gasteiger partial charge is 0.177 e. The minimum Gasteiger partial charge on any atom is -0.392 e. The molecular weight excluding hydrogens is 218 g/mol. The SMILES string of the molecule is CC(O)CNCCNc1noc2ccccc12. The van der Waals surface area contributed by atoms with Gasteiger partial charge in [-0.3, -0.25) is 0 Å². The molecule has 0 radical (unpaired) electrons. The lowest BCUT2D eigenvalue weighted by Gasteiger charge is -2.07. The number of rotatable bonds is 6. The number of nitrogens with zero attached hydrogens (tertiary/aromatic N) is 1. The fourth-order valence-electron chi connectivity index (χ4n) is 1.59. The molecule has 0 aliphatic heterocycles. The van der Waals surface area contributed by atoms with Crippen LogP contribution in [0.15, 0.2) is 28.8 Å². The first-order chi connectivity index (χ1) is 8.27. The molecule has 92 valence electrons. The van der Waals surface area contributed by atoms with Crippen molar-refractivity contribution in [3.8, 4) is 0 Å². The third kappa shape index (κ3) is 3.18. The van der Waals surface area contributed by atoms with Gasteiger partial charge in [0.25, 0.3) is 0 Å². The van der Waals surface area contributed by atoms with Gasteiger partial charge < -0.3 is 20.3 Å². The zero-order chi connectivity index (χ0) is 12.1. The van der Waals surface area contributed by atoms with Crippen molar-refractivity contribution in [2.45, 2.75) is 13.0 Å². The summed E-state index contributed by atoms with van der Waals surface area (Å²) in [6.07, 6.45) is -0.317. The number of fused-ring (bicyclic) bond motifs is 1. The van der Waals surface area contributed by atoms with E-state index in [2.05, 4.69) is 15.8 Å². The number of hydrogen-bond donors (Lipinski definition) is 3. The molecule has 0 saturated heterocycles. The Hall–Kier alpha value is -1.59. The van der Waals surface area contributed by atoms with Crippen LogP contribution >= 0.6 is 0 Å². The van der Waals surface area contributed by atoms with Gasteiger partial charge in [0.15, 0.2) is 11.4 Å². The van der Waals surface area contributed by atoms with E-state index < -0.39 is 0 Å². The van der Waals surface area contributed by atoms with E-state index >= 15 is 0 Å². The number of benzene rings is 1. The van der Waals surface area contributed by atoms with Crippen LogP contribution in [0, 0.1) is 0 Å². The third-order valence-corrected chi connectivity index (χ3v) is 2.41. The van der Waals surface area contributed by atoms with Gasteiger partial charge in [0.05, 0.1) is 11.5 Å². The van der Waals surface area contributed by atoms with Crippen LogP contribution in [0.2, 0.25) is 0 Å². The van der Waals surface area contributed by atoms with Gasteiger partial charge in [0.2, 0.25) is 0 Å². The monoisotopic (exact) mass is 235 g/mol. The van der Waals surface area contributed by atoms with Crippen molar-refractivity contribution < 1.29 is 9.63 Å². The lowest BCUT2D eigenvalue weighted by molar-refractivity contribution is 0.192. The molecular formula is C12H17N3O2. The van der Waals surface area contributed by atoms with Crippen LogP contribution < -0.4 is 10.6 Å². The second-order valence-corrected chi connectivity index (χ2v) is 4.01. The number of para-hydroxylation sites is 1. The van der Waals surface area contributed by atoms with E-state index in [0.717, 1.165) is 29.9 Å². The number of aliphatic hydroxyl groups is 1. The van der Waals surface area contributed by atoms with E-state index in [1.807, 2.05) is 24.3 Å². The fraction of sp³-hybridized carbons (Fsp3) is 0.417. The fourth-order valence-corrected chi connectivity index (χ4v) is 1.59. The molecule has 0 fully saturated rings. The average Bonchev–Trinajstić information content (AvgIpc) is 2.72. The molecule has 3 N–H and O–H groups in total. The minimum absolute atomic E-state index is 0.317. The van der Waals surface area contributed by atoms with Crippen molar-refractivity contribution in [2.24, 2.45) is 0 Å². The van der Waals surface area contributed by atoms with E-state index in [9.17, 15) is 0 Å². The summed E-state index contributed by atoms with van der Waals surface area (Å²) in [5.41, 5.74) is 0.784. The van der Waals surface area contributed by atoms with Crippen molar-refractivity contribution in [1.29, 1.82) is 0 Å². The number of aromatic nitrogens is 1. The highest BCUT2D eigenvalue weighted by atomic mass is 16.5. The van der Waals surface area contributed by atoms with Gasteiger partial charge >= 0.3 is 0 Å². The second kappa shape index (κ2) is 5.65. The molecule has 2 rings (SSSR count). The molecule has 5 heteroatoms. The molecule has 1 aromatic carbocycles. The van der Waals surface area contributed by atoms with Crippen LogP contribution in [0.3, 0.4) is 0 Å². The van der Waals surface area contributed by atoms with E-state index in [-0.39, 0.29) is 6.10 Å². The summed E-state index contributed by atoms with van der Waals surface area (Å²) in [7, 11) is 0. The van der Waals surface area contributed by atoms with Crippen LogP contribution in [0.1, 0.15) is 6.92 Å².